The SMILES string of the molecule is C1#CC(PC2C#CCCC2)CCC1. The molecule has 0 spiro atoms. The van der Waals surface area contributed by atoms with Crippen molar-refractivity contribution >= 4 is 8.58 Å². The molecule has 13 heavy (non-hydrogen) atoms. The highest BCUT2D eigenvalue weighted by atomic mass is 31.1. The Morgan fingerprint density at radius 1 is 0.846 bits per heavy atom. The van der Waals surface area contributed by atoms with Gasteiger partial charge in [0.05, 0.1) is 0 Å². The van der Waals surface area contributed by atoms with Gasteiger partial charge in [-0.25, -0.2) is 0 Å². The standard InChI is InChI=1S/C12H15P/c1-3-7-11(8-4-1)13-12-9-5-2-6-10-12/h11-13H,1-3,5,7,9H2. The van der Waals surface area contributed by atoms with Crippen LogP contribution >= 0.6 is 8.58 Å². The first kappa shape index (κ1) is 9.12. The quantitative estimate of drug-likeness (QED) is 0.464. The Labute approximate surface area is 82.7 Å². The van der Waals surface area contributed by atoms with Crippen molar-refractivity contribution in [2.24, 2.45) is 0 Å². The molecule has 0 aromatic rings. The Bertz CT molecular complexity index is 254. The number of hydrogen-bond acceptors (Lipinski definition) is 0. The largest absolute Gasteiger partial charge is 0.103 e. The lowest BCUT2D eigenvalue weighted by Crippen LogP contribution is -2.09. The van der Waals surface area contributed by atoms with Crippen LogP contribution in [0, 0.1) is 23.7 Å². The first-order valence-corrected chi connectivity index (χ1v) is 6.33. The second-order valence-corrected chi connectivity index (χ2v) is 5.43. The zero-order chi connectivity index (χ0) is 8.93. The van der Waals surface area contributed by atoms with Gasteiger partial charge in [0.2, 0.25) is 0 Å². The topological polar surface area (TPSA) is 0 Å². The minimum atomic E-state index is 0.686. The molecule has 0 saturated carbocycles. The van der Waals surface area contributed by atoms with Crippen molar-refractivity contribution in [1.29, 1.82) is 0 Å². The van der Waals surface area contributed by atoms with Crippen LogP contribution in [0.4, 0.5) is 0 Å². The fraction of sp³-hybridized carbons (Fsp3) is 0.667. The molecular weight excluding hydrogens is 175 g/mol. The van der Waals surface area contributed by atoms with Gasteiger partial charge in [0.15, 0.2) is 0 Å². The summed E-state index contributed by atoms with van der Waals surface area (Å²) in [5.41, 5.74) is 1.37. The van der Waals surface area contributed by atoms with Crippen LogP contribution in [-0.2, 0) is 0 Å². The molecule has 0 heterocycles. The lowest BCUT2D eigenvalue weighted by atomic mass is 10.1. The van der Waals surface area contributed by atoms with Crippen molar-refractivity contribution in [3.8, 4) is 23.7 Å². The molecule has 0 N–H and O–H groups in total. The van der Waals surface area contributed by atoms with Crippen LogP contribution in [0.25, 0.3) is 0 Å². The van der Waals surface area contributed by atoms with Gasteiger partial charge in [-0.15, -0.1) is 11.8 Å². The van der Waals surface area contributed by atoms with E-state index in [2.05, 4.69) is 23.7 Å². The normalized spacial score (nSPS) is 32.0. The van der Waals surface area contributed by atoms with Crippen molar-refractivity contribution in [2.75, 3.05) is 0 Å². The summed E-state index contributed by atoms with van der Waals surface area (Å²) in [5, 5.41) is 0. The van der Waals surface area contributed by atoms with Crippen molar-refractivity contribution < 1.29 is 0 Å². The van der Waals surface area contributed by atoms with E-state index in [4.69, 9.17) is 0 Å². The average Bonchev–Trinajstić information content (AvgIpc) is 2.21. The van der Waals surface area contributed by atoms with E-state index in [9.17, 15) is 0 Å². The first-order chi connectivity index (χ1) is 6.45. The van der Waals surface area contributed by atoms with E-state index in [0.717, 1.165) is 21.4 Å². The van der Waals surface area contributed by atoms with Crippen molar-refractivity contribution in [1.82, 2.24) is 0 Å². The number of hydrogen-bond donors (Lipinski definition) is 0. The summed E-state index contributed by atoms with van der Waals surface area (Å²) in [4.78, 5) is 0. The molecule has 0 fully saturated rings. The lowest BCUT2D eigenvalue weighted by Gasteiger charge is -2.19. The van der Waals surface area contributed by atoms with Gasteiger partial charge in [0.25, 0.3) is 0 Å². The predicted octanol–water partition coefficient (Wildman–Crippen LogP) is 2.78. The van der Waals surface area contributed by atoms with Gasteiger partial charge >= 0.3 is 0 Å². The van der Waals surface area contributed by atoms with Crippen LogP contribution in [0.3, 0.4) is 0 Å². The van der Waals surface area contributed by atoms with Crippen LogP contribution in [0.5, 0.6) is 0 Å². The van der Waals surface area contributed by atoms with Crippen molar-refractivity contribution in [2.45, 2.75) is 49.8 Å². The Morgan fingerprint density at radius 2 is 1.38 bits per heavy atom. The Balaban J connectivity index is 1.87. The Kier molecular flexibility index (Phi) is 3.29. The summed E-state index contributed by atoms with van der Waals surface area (Å²) >= 11 is 0. The zero-order valence-corrected chi connectivity index (χ0v) is 8.90. The van der Waals surface area contributed by atoms with E-state index in [1.54, 1.807) is 0 Å². The molecule has 2 rings (SSSR count). The fourth-order valence-corrected chi connectivity index (χ4v) is 3.42. The lowest BCUT2D eigenvalue weighted by molar-refractivity contribution is 0.746. The molecule has 0 aliphatic heterocycles. The van der Waals surface area contributed by atoms with Crippen molar-refractivity contribution in [3.05, 3.63) is 0 Å². The molecule has 1 heteroatoms. The molecule has 0 radical (unpaired) electrons. The molecule has 0 amide bonds. The van der Waals surface area contributed by atoms with Gasteiger partial charge in [-0.3, -0.25) is 0 Å². The van der Waals surface area contributed by atoms with Gasteiger partial charge < -0.3 is 0 Å². The van der Waals surface area contributed by atoms with Crippen LogP contribution in [0.2, 0.25) is 0 Å². The van der Waals surface area contributed by atoms with E-state index in [-0.39, 0.29) is 0 Å². The molecule has 0 saturated heterocycles. The van der Waals surface area contributed by atoms with E-state index in [0.29, 0.717) is 11.3 Å². The van der Waals surface area contributed by atoms with Crippen LogP contribution in [-0.4, -0.2) is 11.3 Å². The van der Waals surface area contributed by atoms with Gasteiger partial charge in [0.1, 0.15) is 0 Å². The third-order valence-electron chi connectivity index (χ3n) is 2.54. The highest BCUT2D eigenvalue weighted by Crippen LogP contribution is 2.33. The third-order valence-corrected chi connectivity index (χ3v) is 4.21. The average molecular weight is 190 g/mol. The molecule has 68 valence electrons. The second kappa shape index (κ2) is 4.69. The molecule has 0 bridgehead atoms. The summed E-state index contributed by atoms with van der Waals surface area (Å²) in [7, 11) is 0.983. The molecule has 2 unspecified atom stereocenters. The Hall–Kier alpha value is -0.450. The highest BCUT2D eigenvalue weighted by Gasteiger charge is 2.15. The highest BCUT2D eigenvalue weighted by molar-refractivity contribution is 7.40. The summed E-state index contributed by atoms with van der Waals surface area (Å²) in [6.07, 6.45) is 7.51. The predicted molar refractivity (Wildman–Crippen MR) is 59.1 cm³/mol. The fourth-order valence-electron chi connectivity index (χ4n) is 1.82. The molecule has 2 aliphatic rings. The van der Waals surface area contributed by atoms with Crippen molar-refractivity contribution in [3.63, 3.8) is 0 Å². The minimum Gasteiger partial charge on any atom is -0.103 e. The van der Waals surface area contributed by atoms with Crippen LogP contribution in [0.15, 0.2) is 0 Å². The maximum Gasteiger partial charge on any atom is 0.0385 e. The molecule has 0 aromatic heterocycles. The van der Waals surface area contributed by atoms with Gasteiger partial charge in [-0.05, 0) is 25.7 Å². The maximum atomic E-state index is 3.36. The molecule has 0 aromatic carbocycles. The van der Waals surface area contributed by atoms with E-state index < -0.39 is 0 Å². The van der Waals surface area contributed by atoms with Gasteiger partial charge in [0, 0.05) is 24.2 Å². The molecular formula is C12H15P. The van der Waals surface area contributed by atoms with Gasteiger partial charge in [-0.1, -0.05) is 20.4 Å². The molecule has 0 nitrogen and oxygen atoms in total. The summed E-state index contributed by atoms with van der Waals surface area (Å²) in [5.74, 6) is 13.2. The maximum absolute atomic E-state index is 3.36. The molecule has 2 aliphatic carbocycles. The Morgan fingerprint density at radius 3 is 1.77 bits per heavy atom. The van der Waals surface area contributed by atoms with E-state index >= 15 is 0 Å². The molecule has 2 atom stereocenters. The van der Waals surface area contributed by atoms with E-state index in [1.165, 1.54) is 25.7 Å². The summed E-state index contributed by atoms with van der Waals surface area (Å²) < 4.78 is 0. The second-order valence-electron chi connectivity index (χ2n) is 3.70. The third kappa shape index (κ3) is 2.76. The monoisotopic (exact) mass is 190 g/mol. The summed E-state index contributed by atoms with van der Waals surface area (Å²) in [6.45, 7) is 0. The van der Waals surface area contributed by atoms with Crippen LogP contribution < -0.4 is 0 Å². The zero-order valence-electron chi connectivity index (χ0n) is 7.90. The summed E-state index contributed by atoms with van der Waals surface area (Å²) in [6, 6.07) is 0. The van der Waals surface area contributed by atoms with E-state index in [1.807, 2.05) is 0 Å². The van der Waals surface area contributed by atoms with Gasteiger partial charge in [-0.2, -0.15) is 0 Å². The van der Waals surface area contributed by atoms with Crippen LogP contribution in [0.1, 0.15) is 38.5 Å². The number of rotatable bonds is 2. The first-order valence-electron chi connectivity index (χ1n) is 5.18. The smallest absolute Gasteiger partial charge is 0.0385 e. The minimum absolute atomic E-state index is 0.686.